The van der Waals surface area contributed by atoms with Crippen molar-refractivity contribution in [2.75, 3.05) is 0 Å². The van der Waals surface area contributed by atoms with E-state index in [1.807, 2.05) is 0 Å². The van der Waals surface area contributed by atoms with E-state index < -0.39 is 0 Å². The van der Waals surface area contributed by atoms with E-state index >= 15 is 0 Å². The first-order chi connectivity index (χ1) is 10.3. The molecule has 0 N–H and O–H groups in total. The quantitative estimate of drug-likeness (QED) is 0.625. The van der Waals surface area contributed by atoms with Gasteiger partial charge in [0.1, 0.15) is 0 Å². The van der Waals surface area contributed by atoms with Crippen molar-refractivity contribution in [1.29, 1.82) is 0 Å². The number of allylic oxidation sites excluding steroid dienone is 8. The van der Waals surface area contributed by atoms with Crippen molar-refractivity contribution in [3.63, 3.8) is 0 Å². The third-order valence-electron chi connectivity index (χ3n) is 6.12. The molecule has 0 fully saturated rings. The topological polar surface area (TPSA) is 0 Å². The molecule has 0 spiro atoms. The van der Waals surface area contributed by atoms with Gasteiger partial charge in [-0.05, 0) is 52.7 Å². The third-order valence-corrected chi connectivity index (χ3v) is 6.12. The maximum absolute atomic E-state index is 2.37. The fourth-order valence-corrected chi connectivity index (χ4v) is 3.87. The van der Waals surface area contributed by atoms with Crippen LogP contribution in [0.1, 0.15) is 52.7 Å². The summed E-state index contributed by atoms with van der Waals surface area (Å²) in [6.07, 6.45) is 9.27. The Labute approximate surface area is 135 Å². The van der Waals surface area contributed by atoms with Crippen molar-refractivity contribution in [1.82, 2.24) is 0 Å². The molecule has 0 nitrogen and oxygen atoms in total. The van der Waals surface area contributed by atoms with Crippen LogP contribution in [0.5, 0.6) is 0 Å². The molecule has 0 saturated heterocycles. The smallest absolute Gasteiger partial charge is 0.0322 e. The van der Waals surface area contributed by atoms with Crippen LogP contribution in [0.15, 0.2) is 70.9 Å². The normalized spacial score (nSPS) is 30.8. The second-order valence-electron chi connectivity index (χ2n) is 7.23. The number of hydrogen-bond donors (Lipinski definition) is 0. The van der Waals surface area contributed by atoms with Crippen LogP contribution >= 0.6 is 0 Å². The van der Waals surface area contributed by atoms with Gasteiger partial charge < -0.3 is 0 Å². The van der Waals surface area contributed by atoms with Gasteiger partial charge in [0, 0.05) is 10.8 Å². The standard InChI is InChI=1S/C22H26/c1-15-11-13-21(5,17(15)3)19-9-7-8-10-20(19)22(6)14-12-16(2)18(22)4/h7-14H,1-6H3. The molecule has 2 unspecified atom stereocenters. The van der Waals surface area contributed by atoms with E-state index in [2.05, 4.69) is 90.1 Å². The lowest BCUT2D eigenvalue weighted by atomic mass is 9.68. The molecule has 2 atom stereocenters. The Bertz CT molecular complexity index is 689. The van der Waals surface area contributed by atoms with Gasteiger partial charge in [-0.3, -0.25) is 0 Å². The first-order valence-electron chi connectivity index (χ1n) is 8.15. The molecular weight excluding hydrogens is 264 g/mol. The third kappa shape index (κ3) is 1.90. The van der Waals surface area contributed by atoms with Gasteiger partial charge in [0.25, 0.3) is 0 Å². The second-order valence-corrected chi connectivity index (χ2v) is 7.23. The van der Waals surface area contributed by atoms with E-state index in [1.54, 1.807) is 0 Å². The Balaban J connectivity index is 2.23. The summed E-state index contributed by atoms with van der Waals surface area (Å²) in [6.45, 7) is 13.7. The molecule has 0 amide bonds. The number of hydrogen-bond acceptors (Lipinski definition) is 0. The van der Waals surface area contributed by atoms with Crippen LogP contribution < -0.4 is 0 Å². The van der Waals surface area contributed by atoms with Crippen molar-refractivity contribution < 1.29 is 0 Å². The Morgan fingerprint density at radius 3 is 1.27 bits per heavy atom. The largest absolute Gasteiger partial charge is 0.0699 e. The summed E-state index contributed by atoms with van der Waals surface area (Å²) in [5, 5.41) is 0. The van der Waals surface area contributed by atoms with Gasteiger partial charge in [0.05, 0.1) is 0 Å². The minimum Gasteiger partial charge on any atom is -0.0699 e. The highest BCUT2D eigenvalue weighted by molar-refractivity contribution is 5.59. The minimum atomic E-state index is 0.00824. The van der Waals surface area contributed by atoms with Crippen LogP contribution in [0.25, 0.3) is 0 Å². The van der Waals surface area contributed by atoms with Crippen LogP contribution in [-0.4, -0.2) is 0 Å². The van der Waals surface area contributed by atoms with E-state index in [0.29, 0.717) is 0 Å². The fraction of sp³-hybridized carbons (Fsp3) is 0.364. The lowest BCUT2D eigenvalue weighted by molar-refractivity contribution is 0.646. The molecule has 0 aliphatic heterocycles. The van der Waals surface area contributed by atoms with Crippen LogP contribution in [-0.2, 0) is 10.8 Å². The zero-order chi connectivity index (χ0) is 16.1. The maximum Gasteiger partial charge on any atom is 0.0322 e. The van der Waals surface area contributed by atoms with Crippen LogP contribution in [0.3, 0.4) is 0 Å². The van der Waals surface area contributed by atoms with Gasteiger partial charge in [-0.1, -0.05) is 70.9 Å². The van der Waals surface area contributed by atoms with E-state index in [1.165, 1.54) is 33.4 Å². The molecule has 1 aromatic rings. The van der Waals surface area contributed by atoms with Crippen molar-refractivity contribution in [3.05, 3.63) is 82.0 Å². The molecular formula is C22H26. The van der Waals surface area contributed by atoms with Gasteiger partial charge in [0.15, 0.2) is 0 Å². The second kappa shape index (κ2) is 4.84. The first-order valence-corrected chi connectivity index (χ1v) is 8.15. The summed E-state index contributed by atoms with van der Waals surface area (Å²) in [5.74, 6) is 0. The van der Waals surface area contributed by atoms with Crippen LogP contribution in [0.4, 0.5) is 0 Å². The number of benzene rings is 1. The van der Waals surface area contributed by atoms with Crippen molar-refractivity contribution in [3.8, 4) is 0 Å². The average Bonchev–Trinajstić information content (AvgIpc) is 2.94. The predicted molar refractivity (Wildman–Crippen MR) is 96.2 cm³/mol. The Morgan fingerprint density at radius 1 is 0.636 bits per heavy atom. The lowest BCUT2D eigenvalue weighted by Crippen LogP contribution is -2.28. The summed E-state index contributed by atoms with van der Waals surface area (Å²) in [7, 11) is 0. The highest BCUT2D eigenvalue weighted by atomic mass is 14.4. The zero-order valence-corrected chi connectivity index (χ0v) is 14.6. The van der Waals surface area contributed by atoms with Crippen LogP contribution in [0, 0.1) is 0 Å². The zero-order valence-electron chi connectivity index (χ0n) is 14.6. The maximum atomic E-state index is 2.37. The molecule has 0 bridgehead atoms. The van der Waals surface area contributed by atoms with Crippen molar-refractivity contribution >= 4 is 0 Å². The van der Waals surface area contributed by atoms with E-state index in [4.69, 9.17) is 0 Å². The highest BCUT2D eigenvalue weighted by Gasteiger charge is 2.38. The summed E-state index contributed by atoms with van der Waals surface area (Å²) in [5.41, 5.74) is 8.60. The summed E-state index contributed by atoms with van der Waals surface area (Å²) < 4.78 is 0. The van der Waals surface area contributed by atoms with Crippen molar-refractivity contribution in [2.45, 2.75) is 52.4 Å². The molecule has 3 rings (SSSR count). The number of rotatable bonds is 2. The summed E-state index contributed by atoms with van der Waals surface area (Å²) in [6, 6.07) is 8.96. The molecule has 2 aliphatic rings. The molecule has 22 heavy (non-hydrogen) atoms. The fourth-order valence-electron chi connectivity index (χ4n) is 3.87. The molecule has 0 heteroatoms. The van der Waals surface area contributed by atoms with Crippen molar-refractivity contribution in [2.24, 2.45) is 0 Å². The Morgan fingerprint density at radius 2 is 1.00 bits per heavy atom. The first kappa shape index (κ1) is 15.1. The lowest BCUT2D eigenvalue weighted by Gasteiger charge is -2.35. The van der Waals surface area contributed by atoms with Crippen LogP contribution in [0.2, 0.25) is 0 Å². The molecule has 114 valence electrons. The van der Waals surface area contributed by atoms with Gasteiger partial charge in [-0.15, -0.1) is 0 Å². The molecule has 0 radical (unpaired) electrons. The Kier molecular flexibility index (Phi) is 3.32. The van der Waals surface area contributed by atoms with Gasteiger partial charge in [-0.25, -0.2) is 0 Å². The van der Waals surface area contributed by atoms with E-state index in [9.17, 15) is 0 Å². The molecule has 0 saturated carbocycles. The minimum absolute atomic E-state index is 0.00824. The predicted octanol–water partition coefficient (Wildman–Crippen LogP) is 6.01. The van der Waals surface area contributed by atoms with E-state index in [0.717, 1.165) is 0 Å². The summed E-state index contributed by atoms with van der Waals surface area (Å²) in [4.78, 5) is 0. The highest BCUT2D eigenvalue weighted by Crippen LogP contribution is 2.48. The van der Waals surface area contributed by atoms with E-state index in [-0.39, 0.29) is 10.8 Å². The molecule has 1 aromatic carbocycles. The van der Waals surface area contributed by atoms with Gasteiger partial charge in [0.2, 0.25) is 0 Å². The van der Waals surface area contributed by atoms with Gasteiger partial charge in [-0.2, -0.15) is 0 Å². The molecule has 2 aliphatic carbocycles. The molecule has 0 aromatic heterocycles. The summed E-state index contributed by atoms with van der Waals surface area (Å²) >= 11 is 0. The average molecular weight is 290 g/mol. The SMILES string of the molecule is CC1=C(C)C(C)(c2ccccc2C2(C)C=CC(C)=C2C)C=C1. The monoisotopic (exact) mass is 290 g/mol. The Hall–Kier alpha value is -1.82. The molecule has 0 heterocycles. The van der Waals surface area contributed by atoms with Gasteiger partial charge >= 0.3 is 0 Å².